The van der Waals surface area contributed by atoms with E-state index in [1.54, 1.807) is 7.05 Å². The summed E-state index contributed by atoms with van der Waals surface area (Å²) in [6.45, 7) is 6.04. The molecule has 0 saturated heterocycles. The third-order valence-corrected chi connectivity index (χ3v) is 4.35. The number of aliphatic hydroxyl groups excluding tert-OH is 1. The molecule has 0 aliphatic heterocycles. The molecule has 104 valence electrons. The zero-order valence-electron chi connectivity index (χ0n) is 11.9. The summed E-state index contributed by atoms with van der Waals surface area (Å²) in [5.41, 5.74) is 2.46. The number of hydrogen-bond donors (Lipinski definition) is 3. The van der Waals surface area contributed by atoms with E-state index in [4.69, 9.17) is 0 Å². The van der Waals surface area contributed by atoms with Gasteiger partial charge in [0.25, 0.3) is 5.91 Å². The first-order valence-corrected chi connectivity index (χ1v) is 6.64. The van der Waals surface area contributed by atoms with Crippen molar-refractivity contribution in [3.05, 3.63) is 29.3 Å². The van der Waals surface area contributed by atoms with Gasteiger partial charge in [0.05, 0.1) is 6.10 Å². The number of anilines is 1. The van der Waals surface area contributed by atoms with Gasteiger partial charge in [0.2, 0.25) is 0 Å². The van der Waals surface area contributed by atoms with Crippen molar-refractivity contribution in [2.24, 2.45) is 5.41 Å². The third-order valence-electron chi connectivity index (χ3n) is 4.35. The van der Waals surface area contributed by atoms with Crippen molar-refractivity contribution in [1.82, 2.24) is 5.32 Å². The highest BCUT2D eigenvalue weighted by molar-refractivity contribution is 5.96. The summed E-state index contributed by atoms with van der Waals surface area (Å²) in [6.07, 6.45) is 0.490. The SMILES string of the molecule is CNC(=O)c1cccc(NC2CC(O)C2(C)C)c1C. The summed E-state index contributed by atoms with van der Waals surface area (Å²) in [7, 11) is 1.63. The Morgan fingerprint density at radius 3 is 2.63 bits per heavy atom. The highest BCUT2D eigenvalue weighted by Gasteiger charge is 2.47. The molecule has 2 rings (SSSR count). The number of carbonyl (C=O) groups excluding carboxylic acids is 1. The molecule has 0 aromatic heterocycles. The maximum Gasteiger partial charge on any atom is 0.251 e. The van der Waals surface area contributed by atoms with Crippen LogP contribution in [0.4, 0.5) is 5.69 Å². The number of benzene rings is 1. The molecule has 1 aliphatic rings. The summed E-state index contributed by atoms with van der Waals surface area (Å²) in [5.74, 6) is -0.0749. The Labute approximate surface area is 114 Å². The largest absolute Gasteiger partial charge is 0.392 e. The molecule has 1 amide bonds. The van der Waals surface area contributed by atoms with Gasteiger partial charge in [0.1, 0.15) is 0 Å². The minimum absolute atomic E-state index is 0.0749. The van der Waals surface area contributed by atoms with Crippen LogP contribution in [0.5, 0.6) is 0 Å². The van der Waals surface area contributed by atoms with Gasteiger partial charge in [-0.2, -0.15) is 0 Å². The molecule has 1 aliphatic carbocycles. The van der Waals surface area contributed by atoms with E-state index in [1.165, 1.54) is 0 Å². The fraction of sp³-hybridized carbons (Fsp3) is 0.533. The van der Waals surface area contributed by atoms with Crippen LogP contribution >= 0.6 is 0 Å². The van der Waals surface area contributed by atoms with Crippen molar-refractivity contribution in [2.45, 2.75) is 39.3 Å². The van der Waals surface area contributed by atoms with Crippen molar-refractivity contribution in [3.63, 3.8) is 0 Å². The first kappa shape index (κ1) is 13.9. The summed E-state index contributed by atoms with van der Waals surface area (Å²) < 4.78 is 0. The van der Waals surface area contributed by atoms with Crippen molar-refractivity contribution in [3.8, 4) is 0 Å². The zero-order chi connectivity index (χ0) is 14.2. The summed E-state index contributed by atoms with van der Waals surface area (Å²) >= 11 is 0. The van der Waals surface area contributed by atoms with Crippen molar-refractivity contribution in [1.29, 1.82) is 0 Å². The Kier molecular flexibility index (Phi) is 3.54. The van der Waals surface area contributed by atoms with E-state index in [0.29, 0.717) is 5.56 Å². The molecule has 0 heterocycles. The minimum Gasteiger partial charge on any atom is -0.392 e. The van der Waals surface area contributed by atoms with E-state index in [2.05, 4.69) is 24.5 Å². The molecule has 0 radical (unpaired) electrons. The van der Waals surface area contributed by atoms with Crippen LogP contribution in [0.3, 0.4) is 0 Å². The van der Waals surface area contributed by atoms with Gasteiger partial charge in [-0.1, -0.05) is 19.9 Å². The smallest absolute Gasteiger partial charge is 0.251 e. The highest BCUT2D eigenvalue weighted by Crippen LogP contribution is 2.42. The van der Waals surface area contributed by atoms with Gasteiger partial charge in [-0.05, 0) is 31.0 Å². The van der Waals surface area contributed by atoms with E-state index in [9.17, 15) is 9.90 Å². The lowest BCUT2D eigenvalue weighted by Gasteiger charge is -2.50. The average Bonchev–Trinajstić information content (AvgIpc) is 2.39. The molecule has 1 aromatic rings. The lowest BCUT2D eigenvalue weighted by Crippen LogP contribution is -2.57. The lowest BCUT2D eigenvalue weighted by molar-refractivity contribution is -0.0510. The minimum atomic E-state index is -0.257. The van der Waals surface area contributed by atoms with E-state index < -0.39 is 0 Å². The number of carbonyl (C=O) groups is 1. The van der Waals surface area contributed by atoms with E-state index in [1.807, 2.05) is 25.1 Å². The molecule has 4 heteroatoms. The summed E-state index contributed by atoms with van der Waals surface area (Å²) in [5, 5.41) is 15.9. The Morgan fingerprint density at radius 2 is 2.11 bits per heavy atom. The van der Waals surface area contributed by atoms with Gasteiger partial charge in [0, 0.05) is 29.8 Å². The molecule has 2 unspecified atom stereocenters. The second-order valence-electron chi connectivity index (χ2n) is 5.83. The van der Waals surface area contributed by atoms with Crippen molar-refractivity contribution < 1.29 is 9.90 Å². The van der Waals surface area contributed by atoms with E-state index in [-0.39, 0.29) is 23.5 Å². The molecule has 1 fully saturated rings. The molecular formula is C15H22N2O2. The second kappa shape index (κ2) is 4.85. The molecule has 19 heavy (non-hydrogen) atoms. The van der Waals surface area contributed by atoms with Gasteiger partial charge < -0.3 is 15.7 Å². The molecular weight excluding hydrogens is 240 g/mol. The molecule has 0 bridgehead atoms. The predicted molar refractivity (Wildman–Crippen MR) is 76.4 cm³/mol. The number of nitrogens with one attached hydrogen (secondary N) is 2. The Balaban J connectivity index is 2.21. The van der Waals surface area contributed by atoms with Crippen LogP contribution in [0.15, 0.2) is 18.2 Å². The average molecular weight is 262 g/mol. The van der Waals surface area contributed by atoms with Gasteiger partial charge >= 0.3 is 0 Å². The van der Waals surface area contributed by atoms with Crippen molar-refractivity contribution >= 4 is 11.6 Å². The highest BCUT2D eigenvalue weighted by atomic mass is 16.3. The van der Waals surface area contributed by atoms with Crippen LogP contribution in [-0.4, -0.2) is 30.2 Å². The van der Waals surface area contributed by atoms with Crippen LogP contribution in [-0.2, 0) is 0 Å². The van der Waals surface area contributed by atoms with Gasteiger partial charge in [-0.25, -0.2) is 0 Å². The summed E-state index contributed by atoms with van der Waals surface area (Å²) in [4.78, 5) is 11.8. The Bertz CT molecular complexity index is 497. The van der Waals surface area contributed by atoms with Gasteiger partial charge in [-0.15, -0.1) is 0 Å². The standard InChI is InChI=1S/C15H22N2O2/c1-9-10(14(19)16-4)6-5-7-11(9)17-12-8-13(18)15(12,2)3/h5-7,12-13,17-18H,8H2,1-4H3,(H,16,19). The quantitative estimate of drug-likeness (QED) is 0.780. The van der Waals surface area contributed by atoms with Crippen LogP contribution in [0.1, 0.15) is 36.2 Å². The van der Waals surface area contributed by atoms with E-state index >= 15 is 0 Å². The first-order valence-electron chi connectivity index (χ1n) is 6.64. The van der Waals surface area contributed by atoms with Crippen LogP contribution in [0.2, 0.25) is 0 Å². The molecule has 0 spiro atoms. The Hall–Kier alpha value is -1.55. The third kappa shape index (κ3) is 2.32. The zero-order valence-corrected chi connectivity index (χ0v) is 11.9. The van der Waals surface area contributed by atoms with E-state index in [0.717, 1.165) is 17.7 Å². The maximum atomic E-state index is 11.8. The normalized spacial score (nSPS) is 24.5. The topological polar surface area (TPSA) is 61.4 Å². The lowest BCUT2D eigenvalue weighted by atomic mass is 9.64. The predicted octanol–water partition coefficient (Wildman–Crippen LogP) is 1.93. The molecule has 1 saturated carbocycles. The molecule has 1 aromatic carbocycles. The van der Waals surface area contributed by atoms with Gasteiger partial charge in [0.15, 0.2) is 0 Å². The van der Waals surface area contributed by atoms with Crippen LogP contribution < -0.4 is 10.6 Å². The maximum absolute atomic E-state index is 11.8. The first-order chi connectivity index (χ1) is 8.87. The van der Waals surface area contributed by atoms with Crippen LogP contribution in [0.25, 0.3) is 0 Å². The molecule has 4 nitrogen and oxygen atoms in total. The van der Waals surface area contributed by atoms with Gasteiger partial charge in [-0.3, -0.25) is 4.79 Å². The fourth-order valence-corrected chi connectivity index (χ4v) is 2.51. The molecule has 2 atom stereocenters. The number of amides is 1. The van der Waals surface area contributed by atoms with Crippen LogP contribution in [0, 0.1) is 12.3 Å². The molecule has 3 N–H and O–H groups in total. The number of aliphatic hydroxyl groups is 1. The fourth-order valence-electron chi connectivity index (χ4n) is 2.51. The monoisotopic (exact) mass is 262 g/mol. The second-order valence-corrected chi connectivity index (χ2v) is 5.83. The number of rotatable bonds is 3. The number of hydrogen-bond acceptors (Lipinski definition) is 3. The van der Waals surface area contributed by atoms with Crippen molar-refractivity contribution in [2.75, 3.05) is 12.4 Å². The summed E-state index contributed by atoms with van der Waals surface area (Å²) in [6, 6.07) is 5.91. The Morgan fingerprint density at radius 1 is 1.42 bits per heavy atom.